The summed E-state index contributed by atoms with van der Waals surface area (Å²) in [7, 11) is 0. The minimum atomic E-state index is -0.0277. The average Bonchev–Trinajstić information content (AvgIpc) is 2.59. The Hall–Kier alpha value is -1.59. The number of hydrogen-bond donors (Lipinski definition) is 1. The second-order valence-corrected chi connectivity index (χ2v) is 7.24. The molecule has 4 nitrogen and oxygen atoms in total. The second-order valence-electron chi connectivity index (χ2n) is 5.89. The lowest BCUT2D eigenvalue weighted by Crippen LogP contribution is -2.39. The maximum atomic E-state index is 12.3. The first-order valence-electron chi connectivity index (χ1n) is 7.95. The minimum absolute atomic E-state index is 0.0277. The molecule has 1 aromatic carbocycles. The topological polar surface area (TPSA) is 51.2 Å². The summed E-state index contributed by atoms with van der Waals surface area (Å²) in [6.07, 6.45) is 5.32. The number of carbonyl (C=O) groups is 1. The molecule has 0 unspecified atom stereocenters. The van der Waals surface area contributed by atoms with Crippen LogP contribution in [0.15, 0.2) is 47.1 Å². The molecule has 1 aliphatic carbocycles. The van der Waals surface area contributed by atoms with Crippen molar-refractivity contribution in [2.75, 3.05) is 0 Å². The molecule has 2 aromatic rings. The van der Waals surface area contributed by atoms with Crippen molar-refractivity contribution in [3.8, 4) is 5.88 Å². The first kappa shape index (κ1) is 17.2. The smallest absolute Gasteiger partial charge is 0.251 e. The highest BCUT2D eigenvalue weighted by atomic mass is 79.9. The molecule has 0 atom stereocenters. The Morgan fingerprint density at radius 1 is 1.21 bits per heavy atom. The van der Waals surface area contributed by atoms with E-state index in [1.807, 2.05) is 24.3 Å². The fraction of sp³-hybridized carbons (Fsp3) is 0.333. The summed E-state index contributed by atoms with van der Waals surface area (Å²) in [6, 6.07) is 11.2. The average molecular weight is 410 g/mol. The number of hydrogen-bond acceptors (Lipinski definition) is 3. The summed E-state index contributed by atoms with van der Waals surface area (Å²) in [5, 5.41) is 3.70. The molecule has 0 saturated heterocycles. The van der Waals surface area contributed by atoms with Crippen molar-refractivity contribution >= 4 is 33.4 Å². The summed E-state index contributed by atoms with van der Waals surface area (Å²) >= 11 is 9.21. The molecule has 0 aliphatic heterocycles. The van der Waals surface area contributed by atoms with Crippen LogP contribution in [0.1, 0.15) is 36.0 Å². The van der Waals surface area contributed by atoms with E-state index in [1.54, 1.807) is 18.3 Å². The molecule has 1 amide bonds. The van der Waals surface area contributed by atoms with Gasteiger partial charge in [0.25, 0.3) is 5.91 Å². The van der Waals surface area contributed by atoms with E-state index in [2.05, 4.69) is 26.2 Å². The summed E-state index contributed by atoms with van der Waals surface area (Å²) in [5.41, 5.74) is 0.674. The van der Waals surface area contributed by atoms with Gasteiger partial charge in [-0.2, -0.15) is 0 Å². The maximum absolute atomic E-state index is 12.3. The molecule has 3 rings (SSSR count). The molecule has 0 bridgehead atoms. The number of pyridine rings is 1. The standard InChI is InChI=1S/C18H18BrClN2O2/c19-13-3-1-2-12(10-13)18(23)22-15-5-7-16(8-6-15)24-17-9-4-14(20)11-21-17/h1-4,9-11,15-16H,5-8H2,(H,22,23). The van der Waals surface area contributed by atoms with Crippen LogP contribution in [0.4, 0.5) is 0 Å². The Labute approximate surface area is 154 Å². The molecule has 126 valence electrons. The number of amides is 1. The zero-order valence-corrected chi connectivity index (χ0v) is 15.4. The predicted molar refractivity (Wildman–Crippen MR) is 97.5 cm³/mol. The van der Waals surface area contributed by atoms with E-state index in [-0.39, 0.29) is 18.1 Å². The molecule has 1 saturated carbocycles. The third-order valence-electron chi connectivity index (χ3n) is 4.08. The van der Waals surface area contributed by atoms with Crippen LogP contribution in [0.2, 0.25) is 5.02 Å². The lowest BCUT2D eigenvalue weighted by molar-refractivity contribution is 0.0890. The second kappa shape index (κ2) is 7.99. The number of aromatic nitrogens is 1. The van der Waals surface area contributed by atoms with Crippen LogP contribution in [-0.4, -0.2) is 23.0 Å². The van der Waals surface area contributed by atoms with Crippen molar-refractivity contribution < 1.29 is 9.53 Å². The van der Waals surface area contributed by atoms with Crippen LogP contribution in [-0.2, 0) is 0 Å². The van der Waals surface area contributed by atoms with Crippen molar-refractivity contribution in [3.63, 3.8) is 0 Å². The summed E-state index contributed by atoms with van der Waals surface area (Å²) in [6.45, 7) is 0. The van der Waals surface area contributed by atoms with E-state index >= 15 is 0 Å². The highest BCUT2D eigenvalue weighted by Crippen LogP contribution is 2.24. The Balaban J connectivity index is 1.48. The van der Waals surface area contributed by atoms with Crippen LogP contribution >= 0.6 is 27.5 Å². The summed E-state index contributed by atoms with van der Waals surface area (Å²) in [4.78, 5) is 16.4. The van der Waals surface area contributed by atoms with Gasteiger partial charge in [-0.3, -0.25) is 4.79 Å². The molecule has 1 N–H and O–H groups in total. The molecular weight excluding hydrogens is 392 g/mol. The molecule has 0 radical (unpaired) electrons. The van der Waals surface area contributed by atoms with Gasteiger partial charge in [0.2, 0.25) is 5.88 Å². The maximum Gasteiger partial charge on any atom is 0.251 e. The van der Waals surface area contributed by atoms with E-state index in [4.69, 9.17) is 16.3 Å². The van der Waals surface area contributed by atoms with E-state index in [9.17, 15) is 4.79 Å². The van der Waals surface area contributed by atoms with E-state index in [0.29, 0.717) is 16.5 Å². The molecule has 24 heavy (non-hydrogen) atoms. The van der Waals surface area contributed by atoms with Crippen LogP contribution in [0.5, 0.6) is 5.88 Å². The van der Waals surface area contributed by atoms with Crippen molar-refractivity contribution in [1.82, 2.24) is 10.3 Å². The first-order chi connectivity index (χ1) is 11.6. The van der Waals surface area contributed by atoms with Crippen LogP contribution in [0.3, 0.4) is 0 Å². The number of nitrogens with zero attached hydrogens (tertiary/aromatic N) is 1. The summed E-state index contributed by atoms with van der Waals surface area (Å²) < 4.78 is 6.78. The van der Waals surface area contributed by atoms with Crippen LogP contribution < -0.4 is 10.1 Å². The SMILES string of the molecule is O=C(NC1CCC(Oc2ccc(Cl)cn2)CC1)c1cccc(Br)c1. The van der Waals surface area contributed by atoms with Gasteiger partial charge in [-0.05, 0) is 49.9 Å². The van der Waals surface area contributed by atoms with E-state index in [1.165, 1.54) is 0 Å². The fourth-order valence-corrected chi connectivity index (χ4v) is 3.34. The predicted octanol–water partition coefficient (Wildman–Crippen LogP) is 4.62. The Morgan fingerprint density at radius 2 is 2.00 bits per heavy atom. The molecule has 1 aromatic heterocycles. The quantitative estimate of drug-likeness (QED) is 0.802. The Bertz CT molecular complexity index is 700. The van der Waals surface area contributed by atoms with Crippen molar-refractivity contribution in [2.24, 2.45) is 0 Å². The molecule has 0 spiro atoms. The van der Waals surface area contributed by atoms with Gasteiger partial charge in [-0.15, -0.1) is 0 Å². The van der Waals surface area contributed by atoms with Gasteiger partial charge in [0.1, 0.15) is 6.10 Å². The highest BCUT2D eigenvalue weighted by molar-refractivity contribution is 9.10. The molecule has 1 fully saturated rings. The highest BCUT2D eigenvalue weighted by Gasteiger charge is 2.24. The van der Waals surface area contributed by atoms with E-state index < -0.39 is 0 Å². The van der Waals surface area contributed by atoms with Gasteiger partial charge < -0.3 is 10.1 Å². The van der Waals surface area contributed by atoms with E-state index in [0.717, 1.165) is 30.2 Å². The minimum Gasteiger partial charge on any atom is -0.474 e. The third kappa shape index (κ3) is 4.71. The fourth-order valence-electron chi connectivity index (χ4n) is 2.83. The zero-order valence-electron chi connectivity index (χ0n) is 13.0. The monoisotopic (exact) mass is 408 g/mol. The summed E-state index contributed by atoms with van der Waals surface area (Å²) in [5.74, 6) is 0.570. The largest absolute Gasteiger partial charge is 0.474 e. The number of ether oxygens (including phenoxy) is 1. The lowest BCUT2D eigenvalue weighted by atomic mass is 9.92. The first-order valence-corrected chi connectivity index (χ1v) is 9.12. The molecule has 1 heterocycles. The van der Waals surface area contributed by atoms with Crippen molar-refractivity contribution in [3.05, 3.63) is 57.7 Å². The lowest BCUT2D eigenvalue weighted by Gasteiger charge is -2.29. The number of halogens is 2. The number of carbonyl (C=O) groups excluding carboxylic acids is 1. The number of benzene rings is 1. The van der Waals surface area contributed by atoms with Gasteiger partial charge >= 0.3 is 0 Å². The number of nitrogens with one attached hydrogen (secondary N) is 1. The van der Waals surface area contributed by atoms with Gasteiger partial charge in [0, 0.05) is 28.3 Å². The van der Waals surface area contributed by atoms with Gasteiger partial charge in [0.05, 0.1) is 5.02 Å². The Kier molecular flexibility index (Phi) is 5.74. The molecule has 6 heteroatoms. The van der Waals surface area contributed by atoms with Gasteiger partial charge in [-0.25, -0.2) is 4.98 Å². The molecule has 1 aliphatic rings. The van der Waals surface area contributed by atoms with Crippen molar-refractivity contribution in [1.29, 1.82) is 0 Å². The Morgan fingerprint density at radius 3 is 2.67 bits per heavy atom. The van der Waals surface area contributed by atoms with Crippen molar-refractivity contribution in [2.45, 2.75) is 37.8 Å². The van der Waals surface area contributed by atoms with Gasteiger partial charge in [-0.1, -0.05) is 33.6 Å². The normalized spacial score (nSPS) is 20.4. The van der Waals surface area contributed by atoms with Gasteiger partial charge in [0.15, 0.2) is 0 Å². The number of rotatable bonds is 4. The molecular formula is C18H18BrClN2O2. The van der Waals surface area contributed by atoms with Crippen LogP contribution in [0.25, 0.3) is 0 Å². The zero-order chi connectivity index (χ0) is 16.9. The van der Waals surface area contributed by atoms with Crippen LogP contribution in [0, 0.1) is 0 Å². The third-order valence-corrected chi connectivity index (χ3v) is 4.80.